The number of methoxy groups -OCH3 is 1. The van der Waals surface area contributed by atoms with Crippen LogP contribution in [0.1, 0.15) is 17.2 Å². The van der Waals surface area contributed by atoms with Crippen LogP contribution in [0.4, 0.5) is 4.39 Å². The maximum atomic E-state index is 12.8. The van der Waals surface area contributed by atoms with Gasteiger partial charge in [0.15, 0.2) is 6.10 Å². The minimum Gasteiger partial charge on any atom is -0.497 e. The molecule has 1 unspecified atom stereocenters. The van der Waals surface area contributed by atoms with Crippen molar-refractivity contribution in [3.8, 4) is 5.75 Å². The molecule has 0 radical (unpaired) electrons. The third-order valence-corrected chi connectivity index (χ3v) is 3.28. The van der Waals surface area contributed by atoms with E-state index in [-0.39, 0.29) is 5.82 Å². The van der Waals surface area contributed by atoms with Crippen LogP contribution in [-0.2, 0) is 11.2 Å². The highest BCUT2D eigenvalue weighted by atomic mass is 19.1. The number of halogens is 1. The summed E-state index contributed by atoms with van der Waals surface area (Å²) in [6.45, 7) is 0.367. The van der Waals surface area contributed by atoms with Crippen molar-refractivity contribution >= 4 is 5.91 Å². The van der Waals surface area contributed by atoms with Gasteiger partial charge in [-0.15, -0.1) is 0 Å². The Kier molecular flexibility index (Phi) is 5.49. The Morgan fingerprint density at radius 1 is 1.27 bits per heavy atom. The molecule has 0 aliphatic rings. The fourth-order valence-electron chi connectivity index (χ4n) is 2.04. The molecular formula is C17H18FNO3. The van der Waals surface area contributed by atoms with Crippen LogP contribution in [-0.4, -0.2) is 24.7 Å². The zero-order valence-corrected chi connectivity index (χ0v) is 12.3. The number of nitrogens with one attached hydrogen (secondary N) is 1. The number of ether oxygens (including phenoxy) is 1. The summed E-state index contributed by atoms with van der Waals surface area (Å²) in [5, 5.41) is 12.7. The molecule has 0 saturated carbocycles. The van der Waals surface area contributed by atoms with E-state index in [1.165, 1.54) is 19.2 Å². The molecule has 1 amide bonds. The molecule has 0 fully saturated rings. The number of hydrogen-bond acceptors (Lipinski definition) is 3. The predicted molar refractivity (Wildman–Crippen MR) is 81.1 cm³/mol. The number of aliphatic hydroxyl groups excluding tert-OH is 1. The van der Waals surface area contributed by atoms with Crippen molar-refractivity contribution in [3.05, 3.63) is 65.5 Å². The van der Waals surface area contributed by atoms with Gasteiger partial charge < -0.3 is 15.2 Å². The normalized spacial score (nSPS) is 11.8. The number of hydrogen-bond donors (Lipinski definition) is 2. The van der Waals surface area contributed by atoms with Gasteiger partial charge in [-0.2, -0.15) is 0 Å². The van der Waals surface area contributed by atoms with E-state index in [1.807, 2.05) is 0 Å². The van der Waals surface area contributed by atoms with Crippen LogP contribution in [0.5, 0.6) is 5.75 Å². The van der Waals surface area contributed by atoms with Gasteiger partial charge in [-0.25, -0.2) is 4.39 Å². The summed E-state index contributed by atoms with van der Waals surface area (Å²) in [7, 11) is 1.52. The zero-order valence-electron chi connectivity index (χ0n) is 12.3. The average molecular weight is 303 g/mol. The van der Waals surface area contributed by atoms with Crippen LogP contribution in [0.2, 0.25) is 0 Å². The van der Waals surface area contributed by atoms with Gasteiger partial charge in [0.1, 0.15) is 11.6 Å². The molecule has 0 aliphatic heterocycles. The molecule has 0 aromatic heterocycles. The minimum absolute atomic E-state index is 0.291. The average Bonchev–Trinajstić information content (AvgIpc) is 2.56. The van der Waals surface area contributed by atoms with Gasteiger partial charge in [0.25, 0.3) is 5.91 Å². The molecule has 2 N–H and O–H groups in total. The largest absolute Gasteiger partial charge is 0.497 e. The lowest BCUT2D eigenvalue weighted by Gasteiger charge is -2.12. The minimum atomic E-state index is -1.25. The van der Waals surface area contributed by atoms with Gasteiger partial charge in [0.05, 0.1) is 7.11 Å². The van der Waals surface area contributed by atoms with Gasteiger partial charge in [-0.05, 0) is 41.8 Å². The number of amides is 1. The quantitative estimate of drug-likeness (QED) is 0.860. The van der Waals surface area contributed by atoms with E-state index in [0.29, 0.717) is 24.3 Å². The van der Waals surface area contributed by atoms with Crippen LogP contribution < -0.4 is 10.1 Å². The summed E-state index contributed by atoms with van der Waals surface area (Å²) in [5.41, 5.74) is 1.39. The number of benzene rings is 2. The Bertz CT molecular complexity index is 628. The van der Waals surface area contributed by atoms with Gasteiger partial charge >= 0.3 is 0 Å². The molecule has 22 heavy (non-hydrogen) atoms. The molecule has 0 bridgehead atoms. The molecule has 0 spiro atoms. The Balaban J connectivity index is 1.87. The fourth-order valence-corrected chi connectivity index (χ4v) is 2.04. The highest BCUT2D eigenvalue weighted by Gasteiger charge is 2.17. The molecule has 2 rings (SSSR count). The van der Waals surface area contributed by atoms with Gasteiger partial charge in [0, 0.05) is 6.54 Å². The number of carbonyl (C=O) groups is 1. The lowest BCUT2D eigenvalue weighted by molar-refractivity contribution is -0.129. The van der Waals surface area contributed by atoms with Crippen LogP contribution in [0.15, 0.2) is 48.5 Å². The third-order valence-electron chi connectivity index (χ3n) is 3.28. The number of carbonyl (C=O) groups excluding carboxylic acids is 1. The maximum absolute atomic E-state index is 12.8. The molecule has 0 aliphatic carbocycles. The van der Waals surface area contributed by atoms with Crippen molar-refractivity contribution in [1.82, 2.24) is 5.32 Å². The third kappa shape index (κ3) is 4.30. The standard InChI is InChI=1S/C17H18FNO3/c1-22-15-4-2-3-13(11-15)16(20)17(21)19-10-9-12-5-7-14(18)8-6-12/h2-8,11,16,20H,9-10H2,1H3,(H,19,21). The van der Waals surface area contributed by atoms with Crippen molar-refractivity contribution in [3.63, 3.8) is 0 Å². The Hall–Kier alpha value is -2.40. The highest BCUT2D eigenvalue weighted by Crippen LogP contribution is 2.19. The topological polar surface area (TPSA) is 58.6 Å². The van der Waals surface area contributed by atoms with Crippen molar-refractivity contribution in [1.29, 1.82) is 0 Å². The molecule has 1 atom stereocenters. The van der Waals surface area contributed by atoms with Crippen molar-refractivity contribution in [2.24, 2.45) is 0 Å². The lowest BCUT2D eigenvalue weighted by Crippen LogP contribution is -2.31. The number of rotatable bonds is 6. The molecule has 5 heteroatoms. The lowest BCUT2D eigenvalue weighted by atomic mass is 10.1. The molecular weight excluding hydrogens is 285 g/mol. The zero-order chi connectivity index (χ0) is 15.9. The molecule has 2 aromatic carbocycles. The number of aliphatic hydroxyl groups is 1. The Labute approximate surface area is 128 Å². The van der Waals surface area contributed by atoms with E-state index < -0.39 is 12.0 Å². The Morgan fingerprint density at radius 3 is 2.68 bits per heavy atom. The van der Waals surface area contributed by atoms with Crippen molar-refractivity contribution in [2.45, 2.75) is 12.5 Å². The fraction of sp³-hybridized carbons (Fsp3) is 0.235. The van der Waals surface area contributed by atoms with E-state index in [0.717, 1.165) is 5.56 Å². The second-order valence-corrected chi connectivity index (χ2v) is 4.85. The van der Waals surface area contributed by atoms with Crippen molar-refractivity contribution < 1.29 is 19.0 Å². The first-order valence-electron chi connectivity index (χ1n) is 6.94. The van der Waals surface area contributed by atoms with Crippen LogP contribution in [0, 0.1) is 5.82 Å². The van der Waals surface area contributed by atoms with E-state index in [2.05, 4.69) is 5.32 Å². The summed E-state index contributed by atoms with van der Waals surface area (Å²) in [6.07, 6.45) is -0.681. The van der Waals surface area contributed by atoms with Crippen molar-refractivity contribution in [2.75, 3.05) is 13.7 Å². The van der Waals surface area contributed by atoms with Crippen LogP contribution in [0.25, 0.3) is 0 Å². The first-order valence-corrected chi connectivity index (χ1v) is 6.94. The summed E-state index contributed by atoms with van der Waals surface area (Å²) in [4.78, 5) is 11.9. The molecule has 4 nitrogen and oxygen atoms in total. The van der Waals surface area contributed by atoms with Gasteiger partial charge in [0.2, 0.25) is 0 Å². The summed E-state index contributed by atoms with van der Waals surface area (Å²) in [5.74, 6) is -0.188. The summed E-state index contributed by atoms with van der Waals surface area (Å²) in [6, 6.07) is 12.8. The van der Waals surface area contributed by atoms with E-state index in [9.17, 15) is 14.3 Å². The van der Waals surface area contributed by atoms with E-state index in [1.54, 1.807) is 36.4 Å². The van der Waals surface area contributed by atoms with E-state index in [4.69, 9.17) is 4.74 Å². The van der Waals surface area contributed by atoms with Crippen LogP contribution in [0.3, 0.4) is 0 Å². The summed E-state index contributed by atoms with van der Waals surface area (Å²) >= 11 is 0. The summed E-state index contributed by atoms with van der Waals surface area (Å²) < 4.78 is 17.8. The SMILES string of the molecule is COc1cccc(C(O)C(=O)NCCc2ccc(F)cc2)c1. The second kappa shape index (κ2) is 7.56. The molecule has 116 valence electrons. The first kappa shape index (κ1) is 16.0. The maximum Gasteiger partial charge on any atom is 0.253 e. The molecule has 0 heterocycles. The monoisotopic (exact) mass is 303 g/mol. The highest BCUT2D eigenvalue weighted by molar-refractivity contribution is 5.82. The second-order valence-electron chi connectivity index (χ2n) is 4.85. The van der Waals surface area contributed by atoms with Gasteiger partial charge in [-0.1, -0.05) is 24.3 Å². The van der Waals surface area contributed by atoms with Gasteiger partial charge in [-0.3, -0.25) is 4.79 Å². The van der Waals surface area contributed by atoms with Crippen LogP contribution >= 0.6 is 0 Å². The smallest absolute Gasteiger partial charge is 0.253 e. The Morgan fingerprint density at radius 2 is 2.00 bits per heavy atom. The molecule has 2 aromatic rings. The van der Waals surface area contributed by atoms with E-state index >= 15 is 0 Å². The first-order chi connectivity index (χ1) is 10.6. The molecule has 0 saturated heterocycles. The predicted octanol–water partition coefficient (Wildman–Crippen LogP) is 2.23.